The van der Waals surface area contributed by atoms with Gasteiger partial charge in [0.15, 0.2) is 17.8 Å². The van der Waals surface area contributed by atoms with Gasteiger partial charge in [-0.3, -0.25) is 4.57 Å². The second kappa shape index (κ2) is 11.6. The summed E-state index contributed by atoms with van der Waals surface area (Å²) in [5.41, 5.74) is 2.97. The molecule has 0 amide bonds. The minimum atomic E-state index is -3.57. The maximum Gasteiger partial charge on any atom is 0.383 e. The second-order valence-corrected chi connectivity index (χ2v) is 7.83. The highest BCUT2D eigenvalue weighted by Gasteiger charge is 2.26. The number of hydroxylamine groups is 1. The van der Waals surface area contributed by atoms with E-state index in [-0.39, 0.29) is 36.8 Å². The Labute approximate surface area is 169 Å². The number of benzene rings is 2. The summed E-state index contributed by atoms with van der Waals surface area (Å²) in [5.74, 6) is 0.635. The minimum absolute atomic E-state index is 0.00707. The van der Waals surface area contributed by atoms with Gasteiger partial charge in [-0.2, -0.15) is 5.48 Å². The van der Waals surface area contributed by atoms with Gasteiger partial charge in [-0.15, -0.1) is 0 Å². The minimum Gasteiger partial charge on any atom is -0.508 e. The van der Waals surface area contributed by atoms with Crippen molar-refractivity contribution >= 4 is 7.60 Å². The Morgan fingerprint density at radius 3 is 2.59 bits per heavy atom. The number of aliphatic hydroxyl groups excluding tert-OH is 1. The molecule has 2 aromatic carbocycles. The first-order chi connectivity index (χ1) is 14.0. The van der Waals surface area contributed by atoms with Gasteiger partial charge >= 0.3 is 7.60 Å². The molecule has 0 aromatic heterocycles. The van der Waals surface area contributed by atoms with Gasteiger partial charge in [0.2, 0.25) is 0 Å². The van der Waals surface area contributed by atoms with Crippen LogP contribution < -0.4 is 15.0 Å². The molecule has 0 bridgehead atoms. The molecule has 0 spiro atoms. The molecule has 1 atom stereocenters. The van der Waals surface area contributed by atoms with Crippen LogP contribution in [0.4, 0.5) is 0 Å². The average molecular weight is 427 g/mol. The number of ether oxygens (including phenoxy) is 2. The summed E-state index contributed by atoms with van der Waals surface area (Å²) < 4.78 is 33.9. The summed E-state index contributed by atoms with van der Waals surface area (Å²) in [6.07, 6.45) is 0.168. The van der Waals surface area contributed by atoms with E-state index in [1.807, 2.05) is 0 Å². The van der Waals surface area contributed by atoms with Crippen molar-refractivity contribution in [2.75, 3.05) is 26.1 Å². The number of phenolic OH excluding ortho intramolecular Hbond substituents is 1. The van der Waals surface area contributed by atoms with Crippen LogP contribution in [-0.2, 0) is 20.3 Å². The highest BCUT2D eigenvalue weighted by Crippen LogP contribution is 2.47. The zero-order valence-electron chi connectivity index (χ0n) is 16.1. The van der Waals surface area contributed by atoms with Crippen LogP contribution in [0.2, 0.25) is 0 Å². The van der Waals surface area contributed by atoms with E-state index in [1.54, 1.807) is 37.3 Å². The van der Waals surface area contributed by atoms with Crippen LogP contribution in [0.5, 0.6) is 23.0 Å². The lowest BCUT2D eigenvalue weighted by atomic mass is 10.2. The second-order valence-electron chi connectivity index (χ2n) is 5.91. The highest BCUT2D eigenvalue weighted by atomic mass is 31.2. The Kier molecular flexibility index (Phi) is 9.24. The fraction of sp³-hybridized carbons (Fsp3) is 0.368. The summed E-state index contributed by atoms with van der Waals surface area (Å²) in [4.78, 5) is 0. The number of nitrogens with one attached hydrogen (secondary N) is 1. The molecule has 4 N–H and O–H groups in total. The number of phenols is 2. The third kappa shape index (κ3) is 7.56. The van der Waals surface area contributed by atoms with E-state index in [2.05, 4.69) is 5.48 Å². The van der Waals surface area contributed by atoms with E-state index in [9.17, 15) is 14.8 Å². The fourth-order valence-electron chi connectivity index (χ4n) is 2.27. The monoisotopic (exact) mass is 427 g/mol. The van der Waals surface area contributed by atoms with Crippen LogP contribution in [0.3, 0.4) is 0 Å². The van der Waals surface area contributed by atoms with Crippen LogP contribution in [-0.4, -0.2) is 41.4 Å². The number of rotatable bonds is 13. The van der Waals surface area contributed by atoms with Crippen molar-refractivity contribution < 1.29 is 38.5 Å². The number of hydrogen-bond donors (Lipinski definition) is 4. The summed E-state index contributed by atoms with van der Waals surface area (Å²) in [6.45, 7) is 2.23. The number of aromatic hydroxyl groups is 2. The highest BCUT2D eigenvalue weighted by molar-refractivity contribution is 7.53. The van der Waals surface area contributed by atoms with Crippen molar-refractivity contribution in [3.63, 3.8) is 0 Å². The number of aliphatic hydroxyl groups is 1. The summed E-state index contributed by atoms with van der Waals surface area (Å²) in [7, 11) is -3.57. The average Bonchev–Trinajstić information content (AvgIpc) is 2.71. The maximum atomic E-state index is 12.7. The van der Waals surface area contributed by atoms with E-state index in [4.69, 9.17) is 23.7 Å². The van der Waals surface area contributed by atoms with Gasteiger partial charge in [0.1, 0.15) is 11.5 Å². The van der Waals surface area contributed by atoms with Gasteiger partial charge in [-0.1, -0.05) is 12.1 Å². The van der Waals surface area contributed by atoms with E-state index in [0.717, 1.165) is 0 Å². The van der Waals surface area contributed by atoms with E-state index in [1.165, 1.54) is 12.1 Å². The van der Waals surface area contributed by atoms with Gasteiger partial charge in [0.05, 0.1) is 19.8 Å². The molecule has 0 saturated carbocycles. The molecule has 1 unspecified atom stereocenters. The van der Waals surface area contributed by atoms with E-state index < -0.39 is 7.60 Å². The third-order valence-electron chi connectivity index (χ3n) is 3.69. The molecule has 0 fully saturated rings. The van der Waals surface area contributed by atoms with Crippen molar-refractivity contribution in [1.82, 2.24) is 5.48 Å². The predicted octanol–water partition coefficient (Wildman–Crippen LogP) is 3.15. The van der Waals surface area contributed by atoms with Crippen molar-refractivity contribution in [3.8, 4) is 23.0 Å². The lowest BCUT2D eigenvalue weighted by molar-refractivity contribution is 0.125. The van der Waals surface area contributed by atoms with Gasteiger partial charge in [-0.05, 0) is 43.7 Å². The van der Waals surface area contributed by atoms with Gasteiger partial charge < -0.3 is 29.3 Å². The Morgan fingerprint density at radius 1 is 1.07 bits per heavy atom. The molecule has 0 saturated heterocycles. The molecular weight excluding hydrogens is 401 g/mol. The first-order valence-electron chi connectivity index (χ1n) is 9.09. The molecule has 2 rings (SSSR count). The quantitative estimate of drug-likeness (QED) is 0.217. The Morgan fingerprint density at radius 2 is 1.86 bits per heavy atom. The van der Waals surface area contributed by atoms with Gasteiger partial charge in [-0.25, -0.2) is 4.62 Å². The summed E-state index contributed by atoms with van der Waals surface area (Å²) >= 11 is 0. The molecular formula is C19H26NO8P. The SMILES string of the molecule is CCOP(=O)(COc1ccccc1O)ONCCCOc1ccc(O)c(CO)c1. The van der Waals surface area contributed by atoms with Crippen molar-refractivity contribution in [1.29, 1.82) is 0 Å². The smallest absolute Gasteiger partial charge is 0.383 e. The summed E-state index contributed by atoms with van der Waals surface area (Å²) in [6, 6.07) is 10.9. The number of hydrogen-bond acceptors (Lipinski definition) is 9. The summed E-state index contributed by atoms with van der Waals surface area (Å²) in [5, 5.41) is 28.4. The molecule has 2 aromatic rings. The lowest BCUT2D eigenvalue weighted by Crippen LogP contribution is -2.19. The molecule has 0 radical (unpaired) electrons. The van der Waals surface area contributed by atoms with Gasteiger partial charge in [0, 0.05) is 12.1 Å². The molecule has 0 aliphatic rings. The van der Waals surface area contributed by atoms with Crippen molar-refractivity contribution in [2.24, 2.45) is 0 Å². The van der Waals surface area contributed by atoms with E-state index >= 15 is 0 Å². The van der Waals surface area contributed by atoms with E-state index in [0.29, 0.717) is 30.9 Å². The first kappa shape index (κ1) is 23.0. The topological polar surface area (TPSA) is 127 Å². The standard InChI is InChI=1S/C19H26NO8P/c1-2-27-29(24,14-26-19-7-4-3-6-18(19)23)28-20-10-5-11-25-16-8-9-17(22)15(12-16)13-21/h3-4,6-9,12,20-23H,2,5,10-11,13-14H2,1H3. The third-order valence-corrected chi connectivity index (χ3v) is 5.19. The molecule has 0 aliphatic heterocycles. The van der Waals surface area contributed by atoms with Crippen LogP contribution in [0.15, 0.2) is 42.5 Å². The van der Waals surface area contributed by atoms with Crippen LogP contribution in [0.1, 0.15) is 18.9 Å². The molecule has 29 heavy (non-hydrogen) atoms. The zero-order valence-corrected chi connectivity index (χ0v) is 17.0. The predicted molar refractivity (Wildman–Crippen MR) is 106 cm³/mol. The molecule has 10 heteroatoms. The molecule has 9 nitrogen and oxygen atoms in total. The Bertz CT molecular complexity index is 817. The van der Waals surface area contributed by atoms with Crippen LogP contribution in [0.25, 0.3) is 0 Å². The maximum absolute atomic E-state index is 12.7. The van der Waals surface area contributed by atoms with Gasteiger partial charge in [0.25, 0.3) is 0 Å². The van der Waals surface area contributed by atoms with Crippen molar-refractivity contribution in [2.45, 2.75) is 20.0 Å². The lowest BCUT2D eigenvalue weighted by Gasteiger charge is -2.18. The van der Waals surface area contributed by atoms with Crippen molar-refractivity contribution in [3.05, 3.63) is 48.0 Å². The van der Waals surface area contributed by atoms with Crippen LogP contribution >= 0.6 is 7.60 Å². The zero-order chi connectivity index (χ0) is 21.1. The Hall–Kier alpha value is -2.29. The first-order valence-corrected chi connectivity index (χ1v) is 10.8. The fourth-order valence-corrected chi connectivity index (χ4v) is 3.43. The molecule has 160 valence electrons. The Balaban J connectivity index is 1.73. The van der Waals surface area contributed by atoms with Crippen LogP contribution in [0, 0.1) is 0 Å². The molecule has 0 aliphatic carbocycles. The molecule has 0 heterocycles. The largest absolute Gasteiger partial charge is 0.508 e. The number of para-hydroxylation sites is 2. The normalized spacial score (nSPS) is 13.0.